The van der Waals surface area contributed by atoms with Gasteiger partial charge in [-0.2, -0.15) is 13.2 Å². The summed E-state index contributed by atoms with van der Waals surface area (Å²) in [5, 5.41) is 0. The van der Waals surface area contributed by atoms with Crippen LogP contribution in [-0.4, -0.2) is 31.0 Å². The molecule has 90 valence electrons. The van der Waals surface area contributed by atoms with E-state index in [1.165, 1.54) is 6.20 Å². The van der Waals surface area contributed by atoms with Gasteiger partial charge in [-0.3, -0.25) is 4.98 Å². The minimum Gasteiger partial charge on any atom is -0.492 e. The lowest BCUT2D eigenvalue weighted by Crippen LogP contribution is -2.18. The molecule has 0 bridgehead atoms. The molecule has 0 saturated carbocycles. The van der Waals surface area contributed by atoms with E-state index in [2.05, 4.69) is 9.72 Å². The van der Waals surface area contributed by atoms with Crippen molar-refractivity contribution in [2.45, 2.75) is 12.6 Å². The average Bonchev–Trinajstić information content (AvgIpc) is 2.23. The Balaban J connectivity index is 2.01. The van der Waals surface area contributed by atoms with Crippen LogP contribution in [0.25, 0.3) is 0 Å². The smallest absolute Gasteiger partial charge is 0.411 e. The highest BCUT2D eigenvalue weighted by molar-refractivity contribution is 5.15. The summed E-state index contributed by atoms with van der Waals surface area (Å²) in [6, 6.07) is 3.44. The third-order valence-electron chi connectivity index (χ3n) is 1.60. The Kier molecular flexibility index (Phi) is 5.04. The number of rotatable bonds is 6. The van der Waals surface area contributed by atoms with E-state index in [-0.39, 0.29) is 6.61 Å². The highest BCUT2D eigenvalue weighted by Crippen LogP contribution is 2.14. The van der Waals surface area contributed by atoms with Gasteiger partial charge in [-0.15, -0.1) is 0 Å². The van der Waals surface area contributed by atoms with Crippen LogP contribution in [-0.2, 0) is 4.74 Å². The number of ether oxygens (including phenoxy) is 2. The molecule has 0 aromatic carbocycles. The van der Waals surface area contributed by atoms with E-state index >= 15 is 0 Å². The Labute approximate surface area is 91.2 Å². The van der Waals surface area contributed by atoms with Gasteiger partial charge in [0.1, 0.15) is 12.4 Å². The number of halogens is 3. The van der Waals surface area contributed by atoms with Crippen molar-refractivity contribution in [3.8, 4) is 5.75 Å². The number of pyridine rings is 1. The molecule has 0 N–H and O–H groups in total. The van der Waals surface area contributed by atoms with E-state index < -0.39 is 12.8 Å². The standard InChI is InChI=1S/C10H12F3NO2/c11-10(12,13)8-15-5-2-6-16-9-3-1-4-14-7-9/h1,3-4,7H,2,5-6,8H2. The van der Waals surface area contributed by atoms with Crippen molar-refractivity contribution in [3.63, 3.8) is 0 Å². The summed E-state index contributed by atoms with van der Waals surface area (Å²) in [4.78, 5) is 3.83. The lowest BCUT2D eigenvalue weighted by atomic mass is 10.4. The van der Waals surface area contributed by atoms with Crippen LogP contribution in [0, 0.1) is 0 Å². The van der Waals surface area contributed by atoms with Crippen LogP contribution in [0.1, 0.15) is 6.42 Å². The van der Waals surface area contributed by atoms with Crippen LogP contribution >= 0.6 is 0 Å². The van der Waals surface area contributed by atoms with E-state index in [0.717, 1.165) is 0 Å². The lowest BCUT2D eigenvalue weighted by molar-refractivity contribution is -0.174. The first-order valence-corrected chi connectivity index (χ1v) is 4.75. The Morgan fingerprint density at radius 3 is 2.69 bits per heavy atom. The van der Waals surface area contributed by atoms with Gasteiger partial charge in [0.15, 0.2) is 0 Å². The van der Waals surface area contributed by atoms with Gasteiger partial charge in [0.25, 0.3) is 0 Å². The highest BCUT2D eigenvalue weighted by atomic mass is 19.4. The largest absolute Gasteiger partial charge is 0.492 e. The number of hydrogen-bond donors (Lipinski definition) is 0. The summed E-state index contributed by atoms with van der Waals surface area (Å²) >= 11 is 0. The average molecular weight is 235 g/mol. The van der Waals surface area contributed by atoms with Crippen LogP contribution in [0.2, 0.25) is 0 Å². The van der Waals surface area contributed by atoms with Gasteiger partial charge in [0, 0.05) is 12.6 Å². The Morgan fingerprint density at radius 1 is 1.25 bits per heavy atom. The third kappa shape index (κ3) is 6.23. The van der Waals surface area contributed by atoms with Gasteiger partial charge < -0.3 is 9.47 Å². The monoisotopic (exact) mass is 235 g/mol. The zero-order chi connectivity index (χ0) is 11.9. The van der Waals surface area contributed by atoms with Gasteiger partial charge in [-0.25, -0.2) is 0 Å². The fourth-order valence-corrected chi connectivity index (χ4v) is 0.971. The van der Waals surface area contributed by atoms with Gasteiger partial charge in [0.2, 0.25) is 0 Å². The molecule has 6 heteroatoms. The molecule has 0 aliphatic carbocycles. The van der Waals surface area contributed by atoms with E-state index in [1.807, 2.05) is 0 Å². The summed E-state index contributed by atoms with van der Waals surface area (Å²) in [5.41, 5.74) is 0. The summed E-state index contributed by atoms with van der Waals surface area (Å²) in [5.74, 6) is 0.596. The third-order valence-corrected chi connectivity index (χ3v) is 1.60. The molecular formula is C10H12F3NO2. The maximum atomic E-state index is 11.7. The molecule has 16 heavy (non-hydrogen) atoms. The number of nitrogens with zero attached hydrogens (tertiary/aromatic N) is 1. The SMILES string of the molecule is FC(F)(F)COCCCOc1cccnc1. The first kappa shape index (κ1) is 12.8. The molecule has 1 rings (SSSR count). The molecule has 0 aliphatic rings. The fraction of sp³-hybridized carbons (Fsp3) is 0.500. The van der Waals surface area contributed by atoms with E-state index in [9.17, 15) is 13.2 Å². The van der Waals surface area contributed by atoms with Crippen LogP contribution in [0.15, 0.2) is 24.5 Å². The molecule has 0 spiro atoms. The molecule has 0 atom stereocenters. The van der Waals surface area contributed by atoms with Crippen LogP contribution in [0.5, 0.6) is 5.75 Å². The van der Waals surface area contributed by atoms with E-state index in [1.54, 1.807) is 18.3 Å². The predicted octanol–water partition coefficient (Wildman–Crippen LogP) is 2.43. The van der Waals surface area contributed by atoms with Crippen molar-refractivity contribution in [1.82, 2.24) is 4.98 Å². The van der Waals surface area contributed by atoms with Crippen molar-refractivity contribution in [2.24, 2.45) is 0 Å². The van der Waals surface area contributed by atoms with Crippen molar-refractivity contribution < 1.29 is 22.6 Å². The molecule has 1 heterocycles. The normalized spacial score (nSPS) is 11.4. The molecule has 3 nitrogen and oxygen atoms in total. The minimum atomic E-state index is -4.26. The maximum Gasteiger partial charge on any atom is 0.411 e. The molecule has 0 aliphatic heterocycles. The predicted molar refractivity (Wildman–Crippen MR) is 51.2 cm³/mol. The number of hydrogen-bond acceptors (Lipinski definition) is 3. The molecule has 0 fully saturated rings. The number of aromatic nitrogens is 1. The van der Waals surface area contributed by atoms with Crippen molar-refractivity contribution in [3.05, 3.63) is 24.5 Å². The minimum absolute atomic E-state index is 0.0276. The van der Waals surface area contributed by atoms with Crippen molar-refractivity contribution in [1.29, 1.82) is 0 Å². The zero-order valence-electron chi connectivity index (χ0n) is 8.54. The number of alkyl halides is 3. The molecule has 0 radical (unpaired) electrons. The molecule has 0 amide bonds. The van der Waals surface area contributed by atoms with Crippen LogP contribution in [0.4, 0.5) is 13.2 Å². The Bertz CT molecular complexity index is 290. The molecule has 0 saturated heterocycles. The first-order chi connectivity index (χ1) is 7.58. The summed E-state index contributed by atoms with van der Waals surface area (Å²) < 4.78 is 44.6. The Hall–Kier alpha value is -1.30. The summed E-state index contributed by atoms with van der Waals surface area (Å²) in [6.07, 6.45) is -0.703. The van der Waals surface area contributed by atoms with E-state index in [0.29, 0.717) is 18.8 Å². The van der Waals surface area contributed by atoms with Gasteiger partial charge in [-0.1, -0.05) is 0 Å². The molecule has 1 aromatic rings. The summed E-state index contributed by atoms with van der Waals surface area (Å²) in [6.45, 7) is -0.872. The zero-order valence-corrected chi connectivity index (χ0v) is 8.54. The molecule has 1 aromatic heterocycles. The molecular weight excluding hydrogens is 223 g/mol. The van der Waals surface area contributed by atoms with Gasteiger partial charge in [-0.05, 0) is 12.1 Å². The quantitative estimate of drug-likeness (QED) is 0.709. The second-order valence-electron chi connectivity index (χ2n) is 3.06. The van der Waals surface area contributed by atoms with Crippen LogP contribution in [0.3, 0.4) is 0 Å². The second kappa shape index (κ2) is 6.32. The van der Waals surface area contributed by atoms with Gasteiger partial charge >= 0.3 is 6.18 Å². The lowest BCUT2D eigenvalue weighted by Gasteiger charge is -2.08. The second-order valence-corrected chi connectivity index (χ2v) is 3.06. The van der Waals surface area contributed by atoms with Crippen LogP contribution < -0.4 is 4.74 Å². The van der Waals surface area contributed by atoms with Crippen molar-refractivity contribution in [2.75, 3.05) is 19.8 Å². The first-order valence-electron chi connectivity index (χ1n) is 4.75. The Morgan fingerprint density at radius 2 is 2.06 bits per heavy atom. The van der Waals surface area contributed by atoms with E-state index in [4.69, 9.17) is 4.74 Å². The van der Waals surface area contributed by atoms with Gasteiger partial charge in [0.05, 0.1) is 19.4 Å². The molecule has 0 unspecified atom stereocenters. The fourth-order valence-electron chi connectivity index (χ4n) is 0.971. The highest BCUT2D eigenvalue weighted by Gasteiger charge is 2.27. The topological polar surface area (TPSA) is 31.4 Å². The summed E-state index contributed by atoms with van der Waals surface area (Å²) in [7, 11) is 0. The van der Waals surface area contributed by atoms with Crippen molar-refractivity contribution >= 4 is 0 Å². The maximum absolute atomic E-state index is 11.7.